The van der Waals surface area contributed by atoms with Crippen molar-refractivity contribution in [1.82, 2.24) is 5.32 Å². The number of carbonyl (C=O) groups is 1. The predicted octanol–water partition coefficient (Wildman–Crippen LogP) is 1.83. The molecule has 1 aromatic rings. The van der Waals surface area contributed by atoms with Gasteiger partial charge in [-0.05, 0) is 29.5 Å². The summed E-state index contributed by atoms with van der Waals surface area (Å²) in [6, 6.07) is 6.26. The van der Waals surface area contributed by atoms with Gasteiger partial charge in [0.05, 0.1) is 7.11 Å². The number of benzene rings is 1. The van der Waals surface area contributed by atoms with Crippen molar-refractivity contribution in [3.63, 3.8) is 0 Å². The molecule has 4 nitrogen and oxygen atoms in total. The molecule has 1 rings (SSSR count). The molecule has 0 atom stereocenters. The van der Waals surface area contributed by atoms with Crippen molar-refractivity contribution in [2.24, 2.45) is 5.73 Å². The quantitative estimate of drug-likeness (QED) is 0.789. The Morgan fingerprint density at radius 3 is 2.74 bits per heavy atom. The molecule has 19 heavy (non-hydrogen) atoms. The third-order valence-corrected chi connectivity index (χ3v) is 3.07. The second-order valence-electron chi connectivity index (χ2n) is 4.86. The van der Waals surface area contributed by atoms with Gasteiger partial charge in [0.15, 0.2) is 0 Å². The van der Waals surface area contributed by atoms with Gasteiger partial charge in [-0.1, -0.05) is 26.0 Å². The van der Waals surface area contributed by atoms with Crippen molar-refractivity contribution >= 4 is 5.91 Å². The molecule has 0 fully saturated rings. The van der Waals surface area contributed by atoms with Crippen LogP contribution in [0.1, 0.15) is 37.3 Å². The topological polar surface area (TPSA) is 64.3 Å². The minimum atomic E-state index is 0.000248. The van der Waals surface area contributed by atoms with E-state index in [1.807, 2.05) is 0 Å². The number of nitrogens with two attached hydrogens (primary N) is 1. The summed E-state index contributed by atoms with van der Waals surface area (Å²) in [6.07, 6.45) is 1.14. The van der Waals surface area contributed by atoms with Crippen LogP contribution in [0.3, 0.4) is 0 Å². The minimum Gasteiger partial charge on any atom is -0.496 e. The van der Waals surface area contributed by atoms with Gasteiger partial charge in [0.1, 0.15) is 5.75 Å². The lowest BCUT2D eigenvalue weighted by molar-refractivity contribution is -0.120. The van der Waals surface area contributed by atoms with E-state index in [4.69, 9.17) is 10.5 Å². The molecule has 0 aliphatic heterocycles. The molecule has 0 unspecified atom stereocenters. The van der Waals surface area contributed by atoms with E-state index in [-0.39, 0.29) is 5.91 Å². The zero-order chi connectivity index (χ0) is 14.3. The summed E-state index contributed by atoms with van der Waals surface area (Å²) in [7, 11) is 1.68. The van der Waals surface area contributed by atoms with E-state index in [1.165, 1.54) is 5.56 Å². The average molecular weight is 264 g/mol. The lowest BCUT2D eigenvalue weighted by Gasteiger charge is -2.13. The molecule has 4 heteroatoms. The Bertz CT molecular complexity index is 417. The van der Waals surface area contributed by atoms with E-state index < -0.39 is 0 Å². The third kappa shape index (κ3) is 4.91. The van der Waals surface area contributed by atoms with E-state index in [1.54, 1.807) is 7.11 Å². The summed E-state index contributed by atoms with van der Waals surface area (Å²) >= 11 is 0. The summed E-state index contributed by atoms with van der Waals surface area (Å²) in [5.41, 5.74) is 7.69. The number of ether oxygens (including phenoxy) is 1. The van der Waals surface area contributed by atoms with Crippen LogP contribution < -0.4 is 15.8 Å². The maximum absolute atomic E-state index is 11.3. The van der Waals surface area contributed by atoms with Gasteiger partial charge in [-0.25, -0.2) is 0 Å². The Balaban J connectivity index is 2.60. The Morgan fingerprint density at radius 2 is 2.16 bits per heavy atom. The second kappa shape index (κ2) is 7.79. The molecule has 3 N–H and O–H groups in total. The summed E-state index contributed by atoms with van der Waals surface area (Å²) in [6.45, 7) is 5.30. The number of hydrogen-bond donors (Lipinski definition) is 2. The van der Waals surface area contributed by atoms with Crippen molar-refractivity contribution in [1.29, 1.82) is 0 Å². The molecule has 0 heterocycles. The highest BCUT2D eigenvalue weighted by molar-refractivity contribution is 5.76. The molecular formula is C15H24N2O2. The maximum atomic E-state index is 11.3. The fraction of sp³-hybridized carbons (Fsp3) is 0.533. The van der Waals surface area contributed by atoms with Gasteiger partial charge in [-0.15, -0.1) is 0 Å². The average Bonchev–Trinajstić information content (AvgIpc) is 2.39. The highest BCUT2D eigenvalue weighted by Crippen LogP contribution is 2.24. The first-order valence-electron chi connectivity index (χ1n) is 6.72. The molecule has 0 spiro atoms. The summed E-state index contributed by atoms with van der Waals surface area (Å²) in [5.74, 6) is 1.37. The number of methoxy groups -OCH3 is 1. The molecule has 0 saturated heterocycles. The Morgan fingerprint density at radius 1 is 1.42 bits per heavy atom. The first-order valence-corrected chi connectivity index (χ1v) is 6.72. The number of hydrogen-bond acceptors (Lipinski definition) is 3. The van der Waals surface area contributed by atoms with Gasteiger partial charge in [0, 0.05) is 19.5 Å². The molecule has 106 valence electrons. The molecule has 0 radical (unpaired) electrons. The Kier molecular flexibility index (Phi) is 6.36. The van der Waals surface area contributed by atoms with Crippen molar-refractivity contribution in [2.75, 3.05) is 20.2 Å². The van der Waals surface area contributed by atoms with Gasteiger partial charge in [0.25, 0.3) is 0 Å². The zero-order valence-electron chi connectivity index (χ0n) is 12.0. The maximum Gasteiger partial charge on any atom is 0.221 e. The zero-order valence-corrected chi connectivity index (χ0v) is 12.0. The number of carbonyl (C=O) groups excluding carboxylic acids is 1. The van der Waals surface area contributed by atoms with E-state index in [9.17, 15) is 4.79 Å². The summed E-state index contributed by atoms with van der Waals surface area (Å²) in [5, 5.41) is 2.85. The van der Waals surface area contributed by atoms with Gasteiger partial charge in [-0.3, -0.25) is 4.79 Å². The van der Waals surface area contributed by atoms with E-state index in [0.29, 0.717) is 25.4 Å². The normalized spacial score (nSPS) is 10.6. The lowest BCUT2D eigenvalue weighted by atomic mass is 10.00. The molecule has 0 aromatic heterocycles. The van der Waals surface area contributed by atoms with Crippen LogP contribution in [0.25, 0.3) is 0 Å². The molecule has 1 aromatic carbocycles. The van der Waals surface area contributed by atoms with Crippen LogP contribution in [0.5, 0.6) is 5.75 Å². The van der Waals surface area contributed by atoms with E-state index in [2.05, 4.69) is 37.4 Å². The largest absolute Gasteiger partial charge is 0.496 e. The smallest absolute Gasteiger partial charge is 0.221 e. The van der Waals surface area contributed by atoms with Crippen LogP contribution in [-0.2, 0) is 11.2 Å². The van der Waals surface area contributed by atoms with Crippen LogP contribution in [-0.4, -0.2) is 26.1 Å². The first-order chi connectivity index (χ1) is 9.08. The van der Waals surface area contributed by atoms with Crippen LogP contribution in [0, 0.1) is 0 Å². The van der Waals surface area contributed by atoms with Crippen LogP contribution in [0.15, 0.2) is 18.2 Å². The van der Waals surface area contributed by atoms with Crippen molar-refractivity contribution in [3.05, 3.63) is 29.3 Å². The Labute approximate surface area is 115 Å². The molecule has 0 saturated carbocycles. The van der Waals surface area contributed by atoms with Gasteiger partial charge >= 0.3 is 0 Å². The summed E-state index contributed by atoms with van der Waals surface area (Å²) < 4.78 is 5.41. The predicted molar refractivity (Wildman–Crippen MR) is 77.5 cm³/mol. The third-order valence-electron chi connectivity index (χ3n) is 3.07. The Hall–Kier alpha value is -1.55. The molecular weight excluding hydrogens is 240 g/mol. The summed E-state index contributed by atoms with van der Waals surface area (Å²) in [4.78, 5) is 11.3. The highest BCUT2D eigenvalue weighted by Gasteiger charge is 2.07. The first kappa shape index (κ1) is 15.5. The van der Waals surface area contributed by atoms with Crippen molar-refractivity contribution < 1.29 is 9.53 Å². The second-order valence-corrected chi connectivity index (χ2v) is 4.86. The van der Waals surface area contributed by atoms with Crippen molar-refractivity contribution in [3.8, 4) is 5.75 Å². The van der Waals surface area contributed by atoms with Crippen LogP contribution in [0.4, 0.5) is 0 Å². The standard InChI is InChI=1S/C15H24N2O2/c1-11(2)13-5-4-12(14(10-13)19-3)7-9-17-15(18)6-8-16/h4-5,10-11H,6-9,16H2,1-3H3,(H,17,18). The van der Waals surface area contributed by atoms with Gasteiger partial charge in [0.2, 0.25) is 5.91 Å². The highest BCUT2D eigenvalue weighted by atomic mass is 16.5. The fourth-order valence-electron chi connectivity index (χ4n) is 1.88. The van der Waals surface area contributed by atoms with E-state index >= 15 is 0 Å². The molecule has 0 aliphatic rings. The van der Waals surface area contributed by atoms with Crippen molar-refractivity contribution in [2.45, 2.75) is 32.6 Å². The van der Waals surface area contributed by atoms with Crippen LogP contribution in [0.2, 0.25) is 0 Å². The SMILES string of the molecule is COc1cc(C(C)C)ccc1CCNC(=O)CCN. The number of rotatable bonds is 7. The molecule has 0 bridgehead atoms. The lowest BCUT2D eigenvalue weighted by Crippen LogP contribution is -2.27. The van der Waals surface area contributed by atoms with E-state index in [0.717, 1.165) is 17.7 Å². The fourth-order valence-corrected chi connectivity index (χ4v) is 1.88. The minimum absolute atomic E-state index is 0.000248. The van der Waals surface area contributed by atoms with Gasteiger partial charge in [-0.2, -0.15) is 0 Å². The molecule has 0 aliphatic carbocycles. The number of amides is 1. The number of nitrogens with one attached hydrogen (secondary N) is 1. The van der Waals surface area contributed by atoms with Gasteiger partial charge < -0.3 is 15.8 Å². The molecule has 1 amide bonds. The monoisotopic (exact) mass is 264 g/mol. The van der Waals surface area contributed by atoms with Crippen LogP contribution >= 0.6 is 0 Å².